The summed E-state index contributed by atoms with van der Waals surface area (Å²) in [6.45, 7) is 7.58. The lowest BCUT2D eigenvalue weighted by atomic mass is 9.92. The average Bonchev–Trinajstić information content (AvgIpc) is 2.57. The summed E-state index contributed by atoms with van der Waals surface area (Å²) in [4.78, 5) is 14.4. The summed E-state index contributed by atoms with van der Waals surface area (Å²) < 4.78 is 6.03. The summed E-state index contributed by atoms with van der Waals surface area (Å²) >= 11 is 0. The van der Waals surface area contributed by atoms with Crippen molar-refractivity contribution in [1.82, 2.24) is 0 Å². The Bertz CT molecular complexity index is 653. The molecule has 0 aliphatic carbocycles. The molecule has 2 rings (SSSR count). The van der Waals surface area contributed by atoms with Gasteiger partial charge < -0.3 is 15.4 Å². The zero-order valence-electron chi connectivity index (χ0n) is 14.0. The first-order chi connectivity index (χ1) is 11.0. The standard InChI is InChI=1S/C19H24N2O2/c1-4-21(5-2)17-14-10-9-13-16(17)19(3,18(20)22)23-15-11-7-6-8-12-15/h6-14H,4-5H2,1-3H3,(H2,20,22). The number of nitrogens with zero attached hydrogens (tertiary/aromatic N) is 1. The highest BCUT2D eigenvalue weighted by atomic mass is 16.5. The van der Waals surface area contributed by atoms with Gasteiger partial charge in [-0.3, -0.25) is 4.79 Å². The molecule has 0 saturated carbocycles. The predicted molar refractivity (Wildman–Crippen MR) is 93.6 cm³/mol. The van der Waals surface area contributed by atoms with E-state index in [0.29, 0.717) is 5.75 Å². The van der Waals surface area contributed by atoms with E-state index in [1.54, 1.807) is 6.92 Å². The summed E-state index contributed by atoms with van der Waals surface area (Å²) in [7, 11) is 0. The molecule has 0 spiro atoms. The van der Waals surface area contributed by atoms with Crippen LogP contribution in [-0.2, 0) is 10.4 Å². The Balaban J connectivity index is 2.52. The molecule has 4 nitrogen and oxygen atoms in total. The van der Waals surface area contributed by atoms with E-state index in [9.17, 15) is 4.79 Å². The fourth-order valence-corrected chi connectivity index (χ4v) is 2.68. The average molecular weight is 312 g/mol. The first-order valence-corrected chi connectivity index (χ1v) is 7.91. The number of rotatable bonds is 7. The summed E-state index contributed by atoms with van der Waals surface area (Å²) in [5.74, 6) is 0.101. The van der Waals surface area contributed by atoms with Crippen molar-refractivity contribution in [2.24, 2.45) is 5.73 Å². The summed E-state index contributed by atoms with van der Waals surface area (Å²) in [5.41, 5.74) is 6.23. The van der Waals surface area contributed by atoms with Crippen LogP contribution in [0.1, 0.15) is 26.3 Å². The highest BCUT2D eigenvalue weighted by molar-refractivity contribution is 5.87. The Morgan fingerprint density at radius 1 is 1.04 bits per heavy atom. The number of hydrogen-bond acceptors (Lipinski definition) is 3. The minimum Gasteiger partial charge on any atom is -0.473 e. The van der Waals surface area contributed by atoms with E-state index in [1.807, 2.05) is 54.6 Å². The van der Waals surface area contributed by atoms with E-state index in [-0.39, 0.29) is 0 Å². The molecule has 2 aromatic rings. The quantitative estimate of drug-likeness (QED) is 0.853. The molecule has 0 heterocycles. The molecule has 0 radical (unpaired) electrons. The maximum Gasteiger partial charge on any atom is 0.266 e. The Labute approximate surface area is 137 Å². The Hall–Kier alpha value is -2.49. The number of hydrogen-bond donors (Lipinski definition) is 1. The van der Waals surface area contributed by atoms with Crippen LogP contribution in [0.25, 0.3) is 0 Å². The number of anilines is 1. The summed E-state index contributed by atoms with van der Waals surface area (Å²) in [6, 6.07) is 17.0. The van der Waals surface area contributed by atoms with Crippen molar-refractivity contribution < 1.29 is 9.53 Å². The van der Waals surface area contributed by atoms with Crippen molar-refractivity contribution in [1.29, 1.82) is 0 Å². The van der Waals surface area contributed by atoms with Crippen LogP contribution in [0, 0.1) is 0 Å². The molecule has 0 fully saturated rings. The topological polar surface area (TPSA) is 55.6 Å². The van der Waals surface area contributed by atoms with Crippen LogP contribution in [-0.4, -0.2) is 19.0 Å². The zero-order chi connectivity index (χ0) is 16.9. The van der Waals surface area contributed by atoms with Crippen LogP contribution in [0.4, 0.5) is 5.69 Å². The third kappa shape index (κ3) is 3.47. The van der Waals surface area contributed by atoms with Gasteiger partial charge >= 0.3 is 0 Å². The lowest BCUT2D eigenvalue weighted by Crippen LogP contribution is -2.44. The third-order valence-electron chi connectivity index (χ3n) is 4.06. The van der Waals surface area contributed by atoms with Crippen molar-refractivity contribution >= 4 is 11.6 Å². The number of carbonyl (C=O) groups is 1. The number of nitrogens with two attached hydrogens (primary N) is 1. The van der Waals surface area contributed by atoms with Gasteiger partial charge in [-0.2, -0.15) is 0 Å². The van der Waals surface area contributed by atoms with E-state index in [4.69, 9.17) is 10.5 Å². The van der Waals surface area contributed by atoms with Crippen LogP contribution in [0.2, 0.25) is 0 Å². The van der Waals surface area contributed by atoms with E-state index < -0.39 is 11.5 Å². The van der Waals surface area contributed by atoms with E-state index in [1.165, 1.54) is 0 Å². The van der Waals surface area contributed by atoms with Gasteiger partial charge in [-0.25, -0.2) is 0 Å². The largest absolute Gasteiger partial charge is 0.473 e. The van der Waals surface area contributed by atoms with Gasteiger partial charge in [-0.1, -0.05) is 36.4 Å². The monoisotopic (exact) mass is 312 g/mol. The number of ether oxygens (including phenoxy) is 1. The van der Waals surface area contributed by atoms with Crippen LogP contribution < -0.4 is 15.4 Å². The second kappa shape index (κ2) is 7.18. The third-order valence-corrected chi connectivity index (χ3v) is 4.06. The van der Waals surface area contributed by atoms with Gasteiger partial charge in [0.2, 0.25) is 5.60 Å². The van der Waals surface area contributed by atoms with Gasteiger partial charge in [0.15, 0.2) is 0 Å². The van der Waals surface area contributed by atoms with Crippen molar-refractivity contribution in [2.75, 3.05) is 18.0 Å². The van der Waals surface area contributed by atoms with Crippen molar-refractivity contribution in [3.63, 3.8) is 0 Å². The number of para-hydroxylation sites is 2. The highest BCUT2D eigenvalue weighted by Gasteiger charge is 2.38. The fourth-order valence-electron chi connectivity index (χ4n) is 2.68. The SMILES string of the molecule is CCN(CC)c1ccccc1C(C)(Oc1ccccc1)C(N)=O. The van der Waals surface area contributed by atoms with Crippen molar-refractivity contribution in [3.05, 3.63) is 60.2 Å². The van der Waals surface area contributed by atoms with Gasteiger partial charge in [0.05, 0.1) is 0 Å². The molecule has 4 heteroatoms. The molecular formula is C19H24N2O2. The minimum absolute atomic E-state index is 0.513. The number of benzene rings is 2. The maximum atomic E-state index is 12.3. The van der Waals surface area contributed by atoms with Crippen LogP contribution in [0.3, 0.4) is 0 Å². The molecule has 122 valence electrons. The molecule has 0 aliphatic rings. The molecule has 1 atom stereocenters. The molecule has 0 aliphatic heterocycles. The molecule has 0 aromatic heterocycles. The Kier molecular flexibility index (Phi) is 5.27. The summed E-state index contributed by atoms with van der Waals surface area (Å²) in [6.07, 6.45) is 0. The molecule has 2 N–H and O–H groups in total. The van der Waals surface area contributed by atoms with Crippen LogP contribution in [0.5, 0.6) is 5.75 Å². The number of carbonyl (C=O) groups excluding carboxylic acids is 1. The zero-order valence-corrected chi connectivity index (χ0v) is 14.0. The van der Waals surface area contributed by atoms with Crippen molar-refractivity contribution in [3.8, 4) is 5.75 Å². The number of amides is 1. The van der Waals surface area contributed by atoms with Crippen LogP contribution in [0.15, 0.2) is 54.6 Å². The highest BCUT2D eigenvalue weighted by Crippen LogP contribution is 2.34. The van der Waals surface area contributed by atoms with E-state index in [2.05, 4.69) is 18.7 Å². The van der Waals surface area contributed by atoms with E-state index >= 15 is 0 Å². The summed E-state index contributed by atoms with van der Waals surface area (Å²) in [5, 5.41) is 0. The van der Waals surface area contributed by atoms with Gasteiger partial charge in [-0.05, 0) is 39.0 Å². The smallest absolute Gasteiger partial charge is 0.266 e. The molecule has 1 unspecified atom stereocenters. The molecule has 23 heavy (non-hydrogen) atoms. The van der Waals surface area contributed by atoms with Crippen LogP contribution >= 0.6 is 0 Å². The minimum atomic E-state index is -1.24. The lowest BCUT2D eigenvalue weighted by Gasteiger charge is -2.33. The first-order valence-electron chi connectivity index (χ1n) is 7.91. The van der Waals surface area contributed by atoms with Gasteiger partial charge in [0.25, 0.3) is 5.91 Å². The Morgan fingerprint density at radius 3 is 2.17 bits per heavy atom. The first kappa shape index (κ1) is 16.9. The molecule has 0 bridgehead atoms. The Morgan fingerprint density at radius 2 is 1.61 bits per heavy atom. The number of primary amides is 1. The predicted octanol–water partition coefficient (Wildman–Crippen LogP) is 3.31. The second-order valence-electron chi connectivity index (χ2n) is 5.50. The second-order valence-corrected chi connectivity index (χ2v) is 5.50. The van der Waals surface area contributed by atoms with Gasteiger partial charge in [0.1, 0.15) is 5.75 Å². The lowest BCUT2D eigenvalue weighted by molar-refractivity contribution is -0.132. The van der Waals surface area contributed by atoms with Gasteiger partial charge in [-0.15, -0.1) is 0 Å². The van der Waals surface area contributed by atoms with Crippen molar-refractivity contribution in [2.45, 2.75) is 26.4 Å². The maximum absolute atomic E-state index is 12.3. The normalized spacial score (nSPS) is 13.2. The molecule has 0 saturated heterocycles. The molecule has 2 aromatic carbocycles. The molecule has 1 amide bonds. The van der Waals surface area contributed by atoms with Gasteiger partial charge in [0, 0.05) is 24.3 Å². The fraction of sp³-hybridized carbons (Fsp3) is 0.316. The molecular weight excluding hydrogens is 288 g/mol. The van der Waals surface area contributed by atoms with E-state index in [0.717, 1.165) is 24.3 Å².